The smallest absolute Gasteiger partial charge is 0.336 e. The summed E-state index contributed by atoms with van der Waals surface area (Å²) in [6.45, 7) is 0. The second-order valence-corrected chi connectivity index (χ2v) is 6.98. The van der Waals surface area contributed by atoms with E-state index < -0.39 is 4.92 Å². The van der Waals surface area contributed by atoms with Crippen molar-refractivity contribution in [1.29, 1.82) is 0 Å². The number of fused-ring (bicyclic) bond motifs is 1. The average Bonchev–Trinajstić information content (AvgIpc) is 3.12. The minimum absolute atomic E-state index is 0.103. The Balaban J connectivity index is 1.85. The molecule has 4 rings (SSSR count). The normalized spacial score (nSPS) is 10.4. The zero-order chi connectivity index (χ0) is 19.3. The van der Waals surface area contributed by atoms with E-state index in [9.17, 15) is 10.1 Å². The third-order valence-electron chi connectivity index (χ3n) is 4.00. The van der Waals surface area contributed by atoms with E-state index in [1.807, 2.05) is 84.9 Å². The first-order valence-corrected chi connectivity index (χ1v) is 9.41. The predicted molar refractivity (Wildman–Crippen MR) is 114 cm³/mol. The van der Waals surface area contributed by atoms with Gasteiger partial charge in [0.2, 0.25) is 0 Å². The number of aromatic nitrogens is 1. The summed E-state index contributed by atoms with van der Waals surface area (Å²) < 4.78 is 0.899. The standard InChI is InChI=1S/C21H16N4O2S/c26-25(27)19(21-24-17-13-7-8-14-18(17)28-21)20(22-15-9-3-1-4-10-15)23-16-11-5-2-6-12-16/h1-14,22-23H. The maximum atomic E-state index is 12.0. The topological polar surface area (TPSA) is 80.1 Å². The summed E-state index contributed by atoms with van der Waals surface area (Å²) >= 11 is 1.29. The summed E-state index contributed by atoms with van der Waals surface area (Å²) in [7, 11) is 0. The first kappa shape index (κ1) is 17.7. The summed E-state index contributed by atoms with van der Waals surface area (Å²) in [6, 6.07) is 26.2. The Kier molecular flexibility index (Phi) is 4.99. The molecule has 28 heavy (non-hydrogen) atoms. The summed E-state index contributed by atoms with van der Waals surface area (Å²) in [5.41, 5.74) is 2.11. The lowest BCUT2D eigenvalue weighted by Crippen LogP contribution is -2.16. The van der Waals surface area contributed by atoms with Crippen molar-refractivity contribution in [3.05, 3.63) is 106 Å². The van der Waals surface area contributed by atoms with E-state index in [1.54, 1.807) is 0 Å². The van der Waals surface area contributed by atoms with Crippen molar-refractivity contribution < 1.29 is 4.92 Å². The Labute approximate surface area is 165 Å². The molecule has 0 spiro atoms. The van der Waals surface area contributed by atoms with Crippen molar-refractivity contribution in [2.45, 2.75) is 0 Å². The molecule has 1 heterocycles. The van der Waals surface area contributed by atoms with Crippen LogP contribution >= 0.6 is 11.3 Å². The molecule has 7 heteroatoms. The lowest BCUT2D eigenvalue weighted by atomic mass is 10.3. The number of nitrogens with zero attached hydrogens (tertiary/aromatic N) is 2. The maximum Gasteiger partial charge on any atom is 0.345 e. The minimum Gasteiger partial charge on any atom is -0.336 e. The molecule has 6 nitrogen and oxygen atoms in total. The van der Waals surface area contributed by atoms with Crippen LogP contribution in [0.4, 0.5) is 11.4 Å². The Hall–Kier alpha value is -3.71. The van der Waals surface area contributed by atoms with Crippen LogP contribution in [0.1, 0.15) is 5.01 Å². The SMILES string of the molecule is O=[N+]([O-])C(=C(Nc1ccccc1)Nc1ccccc1)c1nc2ccccc2s1. The minimum atomic E-state index is -0.404. The van der Waals surface area contributed by atoms with Crippen LogP contribution in [0.5, 0.6) is 0 Å². The molecule has 2 N–H and O–H groups in total. The predicted octanol–water partition coefficient (Wildman–Crippen LogP) is 5.42. The largest absolute Gasteiger partial charge is 0.345 e. The van der Waals surface area contributed by atoms with E-state index in [0.29, 0.717) is 5.01 Å². The highest BCUT2D eigenvalue weighted by Gasteiger charge is 2.26. The fourth-order valence-electron chi connectivity index (χ4n) is 2.73. The Morgan fingerprint density at radius 3 is 1.89 bits per heavy atom. The van der Waals surface area contributed by atoms with E-state index in [2.05, 4.69) is 15.6 Å². The second-order valence-electron chi connectivity index (χ2n) is 5.95. The number of para-hydroxylation sites is 3. The van der Waals surface area contributed by atoms with Gasteiger partial charge < -0.3 is 10.6 Å². The van der Waals surface area contributed by atoms with E-state index in [4.69, 9.17) is 0 Å². The van der Waals surface area contributed by atoms with Crippen LogP contribution < -0.4 is 10.6 Å². The molecule has 0 fully saturated rings. The van der Waals surface area contributed by atoms with E-state index in [-0.39, 0.29) is 11.5 Å². The monoisotopic (exact) mass is 388 g/mol. The van der Waals surface area contributed by atoms with Crippen molar-refractivity contribution in [1.82, 2.24) is 4.98 Å². The number of hydrogen-bond acceptors (Lipinski definition) is 6. The van der Waals surface area contributed by atoms with E-state index in [0.717, 1.165) is 21.6 Å². The quantitative estimate of drug-likeness (QED) is 0.340. The van der Waals surface area contributed by atoms with E-state index >= 15 is 0 Å². The Morgan fingerprint density at radius 2 is 1.36 bits per heavy atom. The molecule has 0 saturated heterocycles. The zero-order valence-corrected chi connectivity index (χ0v) is 15.5. The first-order valence-electron chi connectivity index (χ1n) is 8.59. The van der Waals surface area contributed by atoms with Gasteiger partial charge in [-0.1, -0.05) is 48.5 Å². The lowest BCUT2D eigenvalue weighted by molar-refractivity contribution is -0.376. The summed E-state index contributed by atoms with van der Waals surface area (Å²) in [4.78, 5) is 16.1. The molecule has 4 aromatic rings. The molecule has 0 saturated carbocycles. The van der Waals surface area contributed by atoms with E-state index in [1.165, 1.54) is 11.3 Å². The average molecular weight is 388 g/mol. The molecule has 1 aromatic heterocycles. The van der Waals surface area contributed by atoms with Crippen LogP contribution in [0.2, 0.25) is 0 Å². The van der Waals surface area contributed by atoms with Gasteiger partial charge in [-0.15, -0.1) is 11.3 Å². The fourth-order valence-corrected chi connectivity index (χ4v) is 3.72. The molecule has 0 atom stereocenters. The van der Waals surface area contributed by atoms with Crippen LogP contribution in [0.15, 0.2) is 90.8 Å². The van der Waals surface area contributed by atoms with Gasteiger partial charge in [0.15, 0.2) is 10.8 Å². The van der Waals surface area contributed by atoms with Gasteiger partial charge in [0.1, 0.15) is 0 Å². The second kappa shape index (κ2) is 7.89. The summed E-state index contributed by atoms with van der Waals surface area (Å²) in [6.07, 6.45) is 0. The third-order valence-corrected chi connectivity index (χ3v) is 5.05. The van der Waals surface area contributed by atoms with Gasteiger partial charge in [0.25, 0.3) is 0 Å². The zero-order valence-electron chi connectivity index (χ0n) is 14.7. The lowest BCUT2D eigenvalue weighted by Gasteiger charge is -2.13. The van der Waals surface area contributed by atoms with Gasteiger partial charge in [-0.25, -0.2) is 4.98 Å². The number of nitrogens with one attached hydrogen (secondary N) is 2. The van der Waals surface area contributed by atoms with Gasteiger partial charge in [0, 0.05) is 11.4 Å². The number of hydrogen-bond donors (Lipinski definition) is 2. The Bertz CT molecular complexity index is 1060. The molecular weight excluding hydrogens is 372 g/mol. The number of anilines is 2. The molecule has 0 radical (unpaired) electrons. The van der Waals surface area contributed by atoms with Gasteiger partial charge >= 0.3 is 5.70 Å². The van der Waals surface area contributed by atoms with Crippen LogP contribution in [-0.4, -0.2) is 9.91 Å². The van der Waals surface area contributed by atoms with Gasteiger partial charge in [-0.3, -0.25) is 10.1 Å². The summed E-state index contributed by atoms with van der Waals surface area (Å²) in [5.74, 6) is 0.265. The highest BCUT2D eigenvalue weighted by Crippen LogP contribution is 2.30. The van der Waals surface area contributed by atoms with Crippen LogP contribution in [0, 0.1) is 10.1 Å². The highest BCUT2D eigenvalue weighted by molar-refractivity contribution is 7.19. The van der Waals surface area contributed by atoms with Crippen molar-refractivity contribution in [3.8, 4) is 0 Å². The van der Waals surface area contributed by atoms with Crippen molar-refractivity contribution in [2.75, 3.05) is 10.6 Å². The van der Waals surface area contributed by atoms with Gasteiger partial charge in [-0.2, -0.15) is 0 Å². The molecule has 0 aliphatic heterocycles. The van der Waals surface area contributed by atoms with Crippen molar-refractivity contribution in [2.24, 2.45) is 0 Å². The number of thiazole rings is 1. The van der Waals surface area contributed by atoms with Crippen molar-refractivity contribution in [3.63, 3.8) is 0 Å². The molecule has 0 amide bonds. The van der Waals surface area contributed by atoms with Gasteiger partial charge in [-0.05, 0) is 36.4 Å². The molecule has 0 unspecified atom stereocenters. The summed E-state index contributed by atoms with van der Waals surface area (Å²) in [5, 5.41) is 18.7. The van der Waals surface area contributed by atoms with Crippen LogP contribution in [-0.2, 0) is 0 Å². The molecule has 3 aromatic carbocycles. The third kappa shape index (κ3) is 3.84. The molecule has 0 aliphatic carbocycles. The van der Waals surface area contributed by atoms with Gasteiger partial charge in [0.05, 0.1) is 15.1 Å². The highest BCUT2D eigenvalue weighted by atomic mass is 32.1. The Morgan fingerprint density at radius 1 is 0.821 bits per heavy atom. The number of nitro groups is 1. The molecule has 138 valence electrons. The molecular formula is C21H16N4O2S. The molecule has 0 aliphatic rings. The van der Waals surface area contributed by atoms with Crippen molar-refractivity contribution >= 4 is 38.6 Å². The molecule has 0 bridgehead atoms. The van der Waals surface area contributed by atoms with Crippen LogP contribution in [0.3, 0.4) is 0 Å². The first-order chi connectivity index (χ1) is 13.7. The maximum absolute atomic E-state index is 12.0. The van der Waals surface area contributed by atoms with Crippen LogP contribution in [0.25, 0.3) is 15.9 Å². The number of rotatable bonds is 6. The fraction of sp³-hybridized carbons (Fsp3) is 0. The number of benzene rings is 3.